The number of hydrogen-bond donors (Lipinski definition) is 2. The highest BCUT2D eigenvalue weighted by atomic mass is 32.1. The lowest BCUT2D eigenvalue weighted by Crippen LogP contribution is -2.40. The third-order valence-corrected chi connectivity index (χ3v) is 7.32. The number of carboxylic acid groups (broad SMARTS) is 1. The molecule has 0 saturated carbocycles. The Balaban J connectivity index is 1.34. The van der Waals surface area contributed by atoms with Gasteiger partial charge in [0.05, 0.1) is 17.7 Å². The molecule has 1 aliphatic rings. The summed E-state index contributed by atoms with van der Waals surface area (Å²) in [7, 11) is 0. The smallest absolute Gasteiger partial charge is 0.420 e. The monoisotopic (exact) mass is 544 g/mol. The van der Waals surface area contributed by atoms with E-state index in [2.05, 4.69) is 14.5 Å². The van der Waals surface area contributed by atoms with E-state index in [9.17, 15) is 28.2 Å². The van der Waals surface area contributed by atoms with Gasteiger partial charge in [-0.05, 0) is 36.5 Å². The molecule has 198 valence electrons. The predicted octanol–water partition coefficient (Wildman–Crippen LogP) is 5.38. The second-order valence-electron chi connectivity index (χ2n) is 9.10. The van der Waals surface area contributed by atoms with Crippen molar-refractivity contribution < 1.29 is 32.7 Å². The first kappa shape index (κ1) is 26.0. The molecule has 0 bridgehead atoms. The molecule has 0 radical (unpaired) electrons. The number of benzene rings is 2. The van der Waals surface area contributed by atoms with Crippen molar-refractivity contribution in [1.82, 2.24) is 19.4 Å². The SMILES string of the molecule is O=C(O)[C@H]1CCCN(C[C@@H](O)c2ccc(-c3noc(-c4snc(-c5ccccc5)c4C(F)(F)F)n3)cc2)C1. The molecule has 1 aliphatic heterocycles. The topological polar surface area (TPSA) is 113 Å². The van der Waals surface area contributed by atoms with E-state index in [1.807, 2.05) is 4.90 Å². The molecular weight excluding hydrogens is 521 g/mol. The van der Waals surface area contributed by atoms with Crippen molar-refractivity contribution in [2.24, 2.45) is 5.92 Å². The van der Waals surface area contributed by atoms with Crippen LogP contribution in [0.15, 0.2) is 59.1 Å². The Kier molecular flexibility index (Phi) is 7.28. The van der Waals surface area contributed by atoms with Gasteiger partial charge in [-0.25, -0.2) is 0 Å². The highest BCUT2D eigenvalue weighted by Gasteiger charge is 2.41. The van der Waals surface area contributed by atoms with Crippen LogP contribution in [0.3, 0.4) is 0 Å². The molecule has 12 heteroatoms. The van der Waals surface area contributed by atoms with Crippen LogP contribution >= 0.6 is 11.5 Å². The van der Waals surface area contributed by atoms with Crippen LogP contribution in [0.2, 0.25) is 0 Å². The molecule has 2 N–H and O–H groups in total. The molecule has 2 atom stereocenters. The van der Waals surface area contributed by atoms with Gasteiger partial charge >= 0.3 is 12.1 Å². The number of β-amino-alcohol motifs (C(OH)–C–C–N with tert-alkyl or cyclic N) is 1. The molecule has 1 fully saturated rings. The number of aliphatic hydroxyl groups excluding tert-OH is 1. The van der Waals surface area contributed by atoms with Gasteiger partial charge in [-0.15, -0.1) is 0 Å². The number of piperidine rings is 1. The van der Waals surface area contributed by atoms with E-state index in [1.165, 1.54) is 0 Å². The minimum Gasteiger partial charge on any atom is -0.481 e. The number of carboxylic acids is 1. The zero-order chi connectivity index (χ0) is 26.9. The second kappa shape index (κ2) is 10.6. The average Bonchev–Trinajstić information content (AvgIpc) is 3.57. The molecule has 3 heterocycles. The average molecular weight is 545 g/mol. The first-order valence-electron chi connectivity index (χ1n) is 11.9. The maximum absolute atomic E-state index is 14.0. The summed E-state index contributed by atoms with van der Waals surface area (Å²) < 4.78 is 51.3. The fraction of sp³-hybridized carbons (Fsp3) is 0.308. The van der Waals surface area contributed by atoms with Crippen LogP contribution in [0.25, 0.3) is 33.4 Å². The Labute approximate surface area is 219 Å². The van der Waals surface area contributed by atoms with Crippen LogP contribution in [-0.2, 0) is 11.0 Å². The molecule has 0 spiro atoms. The van der Waals surface area contributed by atoms with E-state index < -0.39 is 29.7 Å². The highest BCUT2D eigenvalue weighted by molar-refractivity contribution is 7.10. The lowest BCUT2D eigenvalue weighted by Gasteiger charge is -2.32. The van der Waals surface area contributed by atoms with Gasteiger partial charge < -0.3 is 14.7 Å². The zero-order valence-corrected chi connectivity index (χ0v) is 20.7. The maximum atomic E-state index is 14.0. The fourth-order valence-corrected chi connectivity index (χ4v) is 5.40. The largest absolute Gasteiger partial charge is 0.481 e. The van der Waals surface area contributed by atoms with E-state index in [0.29, 0.717) is 54.3 Å². The normalized spacial score (nSPS) is 17.4. The highest BCUT2D eigenvalue weighted by Crippen LogP contribution is 2.45. The number of halogens is 3. The van der Waals surface area contributed by atoms with Gasteiger partial charge in [-0.2, -0.15) is 22.5 Å². The lowest BCUT2D eigenvalue weighted by molar-refractivity contribution is -0.143. The summed E-state index contributed by atoms with van der Waals surface area (Å²) in [5.74, 6) is -1.45. The van der Waals surface area contributed by atoms with Crippen molar-refractivity contribution >= 4 is 17.5 Å². The molecular formula is C26H23F3N4O4S. The number of nitrogens with zero attached hydrogens (tertiary/aromatic N) is 4. The van der Waals surface area contributed by atoms with Gasteiger partial charge in [-0.1, -0.05) is 59.8 Å². The predicted molar refractivity (Wildman–Crippen MR) is 133 cm³/mol. The lowest BCUT2D eigenvalue weighted by atomic mass is 9.97. The number of aliphatic hydroxyl groups is 1. The molecule has 38 heavy (non-hydrogen) atoms. The number of aliphatic carboxylic acids is 1. The third kappa shape index (κ3) is 5.47. The van der Waals surface area contributed by atoms with E-state index in [-0.39, 0.29) is 22.3 Å². The van der Waals surface area contributed by atoms with Gasteiger partial charge in [0.15, 0.2) is 0 Å². The summed E-state index contributed by atoms with van der Waals surface area (Å²) in [6.45, 7) is 1.40. The van der Waals surface area contributed by atoms with Crippen molar-refractivity contribution in [2.45, 2.75) is 25.1 Å². The zero-order valence-electron chi connectivity index (χ0n) is 19.9. The molecule has 0 aliphatic carbocycles. The molecule has 4 aromatic rings. The summed E-state index contributed by atoms with van der Waals surface area (Å²) in [5.41, 5.74) is 0.328. The quantitative estimate of drug-likeness (QED) is 0.319. The van der Waals surface area contributed by atoms with Crippen molar-refractivity contribution in [1.29, 1.82) is 0 Å². The number of aromatic nitrogens is 3. The van der Waals surface area contributed by atoms with Crippen molar-refractivity contribution in [3.63, 3.8) is 0 Å². The summed E-state index contributed by atoms with van der Waals surface area (Å²) in [5, 5.41) is 23.8. The Morgan fingerprint density at radius 1 is 1.13 bits per heavy atom. The number of hydrogen-bond acceptors (Lipinski definition) is 8. The molecule has 0 amide bonds. The van der Waals surface area contributed by atoms with Crippen LogP contribution < -0.4 is 0 Å². The van der Waals surface area contributed by atoms with Crippen LogP contribution in [0.1, 0.15) is 30.1 Å². The number of rotatable bonds is 7. The summed E-state index contributed by atoms with van der Waals surface area (Å²) >= 11 is 0.643. The van der Waals surface area contributed by atoms with Gasteiger partial charge in [0.25, 0.3) is 5.89 Å². The van der Waals surface area contributed by atoms with E-state index in [0.717, 1.165) is 6.42 Å². The Morgan fingerprint density at radius 3 is 2.55 bits per heavy atom. The molecule has 2 aromatic carbocycles. The first-order chi connectivity index (χ1) is 18.2. The maximum Gasteiger partial charge on any atom is 0.420 e. The van der Waals surface area contributed by atoms with E-state index in [1.54, 1.807) is 54.6 Å². The molecule has 0 unspecified atom stereocenters. The van der Waals surface area contributed by atoms with Crippen LogP contribution in [0.4, 0.5) is 13.2 Å². The van der Waals surface area contributed by atoms with Crippen LogP contribution in [0.5, 0.6) is 0 Å². The van der Waals surface area contributed by atoms with Crippen molar-refractivity contribution in [3.05, 3.63) is 65.7 Å². The van der Waals surface area contributed by atoms with Crippen LogP contribution in [-0.4, -0.2) is 55.2 Å². The molecule has 5 rings (SSSR count). The Morgan fingerprint density at radius 2 is 1.87 bits per heavy atom. The van der Waals surface area contributed by atoms with Crippen molar-refractivity contribution in [3.8, 4) is 33.4 Å². The van der Waals surface area contributed by atoms with Crippen LogP contribution in [0, 0.1) is 5.92 Å². The fourth-order valence-electron chi connectivity index (χ4n) is 4.55. The molecule has 8 nitrogen and oxygen atoms in total. The van der Waals surface area contributed by atoms with Crippen molar-refractivity contribution in [2.75, 3.05) is 19.6 Å². The summed E-state index contributed by atoms with van der Waals surface area (Å²) in [6, 6.07) is 14.7. The van der Waals surface area contributed by atoms with E-state index >= 15 is 0 Å². The molecule has 1 saturated heterocycles. The third-order valence-electron chi connectivity index (χ3n) is 6.48. The second-order valence-corrected chi connectivity index (χ2v) is 9.87. The summed E-state index contributed by atoms with van der Waals surface area (Å²) in [6.07, 6.45) is -4.13. The van der Waals surface area contributed by atoms with Gasteiger partial charge in [0.1, 0.15) is 10.4 Å². The number of carbonyl (C=O) groups is 1. The Bertz CT molecular complexity index is 1410. The standard InChI is InChI=1S/C26H23F3N4O4S/c27-26(28,29)20-21(16-5-2-1-3-6-16)32-38-22(20)24-30-23(31-37-24)17-10-8-15(9-11-17)19(34)14-33-12-4-7-18(13-33)25(35)36/h1-3,5-6,8-11,18-19,34H,4,7,12-14H2,(H,35,36)/t18-,19+/m0/s1. The van der Waals surface area contributed by atoms with Gasteiger partial charge in [0.2, 0.25) is 5.82 Å². The number of alkyl halides is 3. The Hall–Kier alpha value is -3.61. The minimum atomic E-state index is -4.68. The number of likely N-dealkylation sites (tertiary alicyclic amines) is 1. The minimum absolute atomic E-state index is 0.101. The van der Waals surface area contributed by atoms with Gasteiger partial charge in [-0.3, -0.25) is 9.69 Å². The van der Waals surface area contributed by atoms with E-state index in [4.69, 9.17) is 4.52 Å². The first-order valence-corrected chi connectivity index (χ1v) is 12.7. The molecule has 2 aromatic heterocycles. The van der Waals surface area contributed by atoms with Gasteiger partial charge in [0, 0.05) is 24.2 Å². The summed E-state index contributed by atoms with van der Waals surface area (Å²) in [4.78, 5) is 17.2.